The second kappa shape index (κ2) is 10.6. The second-order valence-corrected chi connectivity index (χ2v) is 10.6. The lowest BCUT2D eigenvalue weighted by Gasteiger charge is -2.14. The minimum Gasteiger partial charge on any atom is -0.478 e. The summed E-state index contributed by atoms with van der Waals surface area (Å²) in [4.78, 5) is 11.1. The summed E-state index contributed by atoms with van der Waals surface area (Å²) in [5, 5.41) is 9.73. The van der Waals surface area contributed by atoms with Crippen LogP contribution < -0.4 is 0 Å². The van der Waals surface area contributed by atoms with E-state index in [1.54, 1.807) is 30.3 Å². The molecular weight excluding hydrogens is 551 g/mol. The number of carboxylic acid groups (broad SMARTS) is 1. The lowest BCUT2D eigenvalue weighted by molar-refractivity contribution is 0.0697. The van der Waals surface area contributed by atoms with Crippen LogP contribution in [0.25, 0.3) is 33.3 Å². The maximum atomic E-state index is 14.1. The average molecular weight is 572 g/mol. The fourth-order valence-corrected chi connectivity index (χ4v) is 6.06. The summed E-state index contributed by atoms with van der Waals surface area (Å²) in [6.45, 7) is 0. The molecule has 10 heteroatoms. The first kappa shape index (κ1) is 27.9. The van der Waals surface area contributed by atoms with Gasteiger partial charge in [-0.05, 0) is 65.7 Å². The average Bonchev–Trinajstić information content (AvgIpc) is 3.28. The Kier molecular flexibility index (Phi) is 7.59. The van der Waals surface area contributed by atoms with E-state index in [9.17, 15) is 31.5 Å². The van der Waals surface area contributed by atoms with Crippen molar-refractivity contribution in [2.75, 3.05) is 0 Å². The predicted molar refractivity (Wildman–Crippen MR) is 145 cm³/mol. The first-order chi connectivity index (χ1) is 18.1. The molecular formula is C29H21ClF3NO4S. The van der Waals surface area contributed by atoms with Gasteiger partial charge in [0.05, 0.1) is 21.7 Å². The van der Waals surface area contributed by atoms with Crippen LogP contribution in [0.2, 0.25) is 5.02 Å². The molecule has 0 aliphatic rings. The van der Waals surface area contributed by atoms with Crippen LogP contribution in [0.15, 0.2) is 95.9 Å². The number of nitrogens with zero attached hydrogens (tertiary/aromatic N) is 1. The van der Waals surface area contributed by atoms with Gasteiger partial charge in [0, 0.05) is 21.5 Å². The number of carbonyl (C=O) groups is 1. The van der Waals surface area contributed by atoms with E-state index in [0.29, 0.717) is 22.1 Å². The van der Waals surface area contributed by atoms with Crippen molar-refractivity contribution in [1.82, 2.24) is 3.97 Å². The quantitative estimate of drug-likeness (QED) is 0.222. The summed E-state index contributed by atoms with van der Waals surface area (Å²) in [6, 6.07) is 20.5. The van der Waals surface area contributed by atoms with Crippen molar-refractivity contribution in [1.29, 1.82) is 0 Å². The Morgan fingerprint density at radius 1 is 0.872 bits per heavy atom. The molecule has 0 aliphatic heterocycles. The number of aromatic carboxylic acids is 1. The van der Waals surface area contributed by atoms with Gasteiger partial charge in [0.25, 0.3) is 16.4 Å². The molecule has 0 amide bonds. The third-order valence-corrected chi connectivity index (χ3v) is 8.13. The Hall–Kier alpha value is -4.08. The van der Waals surface area contributed by atoms with Crippen LogP contribution in [0, 0.1) is 5.82 Å². The Morgan fingerprint density at radius 2 is 1.56 bits per heavy atom. The number of benzene rings is 4. The predicted octanol–water partition coefficient (Wildman–Crippen LogP) is 8.28. The number of hydrogen-bond acceptors (Lipinski definition) is 3. The molecule has 0 saturated heterocycles. The van der Waals surface area contributed by atoms with Crippen molar-refractivity contribution >= 4 is 38.5 Å². The molecule has 4 aromatic carbocycles. The van der Waals surface area contributed by atoms with Crippen molar-refractivity contribution in [3.05, 3.63) is 113 Å². The maximum Gasteiger partial charge on any atom is 0.335 e. The molecule has 0 bridgehead atoms. The number of fused-ring (bicyclic) bond motifs is 1. The maximum absolute atomic E-state index is 14.1. The Labute approximate surface area is 227 Å². The van der Waals surface area contributed by atoms with Crippen molar-refractivity contribution in [2.45, 2.75) is 18.7 Å². The highest BCUT2D eigenvalue weighted by Gasteiger charge is 2.25. The van der Waals surface area contributed by atoms with Crippen molar-refractivity contribution in [3.63, 3.8) is 0 Å². The summed E-state index contributed by atoms with van der Waals surface area (Å²) in [5.41, 5.74) is 1.68. The van der Waals surface area contributed by atoms with E-state index in [-0.39, 0.29) is 39.7 Å². The summed E-state index contributed by atoms with van der Waals surface area (Å²) < 4.78 is 68.7. The number of carboxylic acids is 1. The molecule has 0 saturated carbocycles. The van der Waals surface area contributed by atoms with Gasteiger partial charge in [-0.25, -0.2) is 30.4 Å². The molecule has 39 heavy (non-hydrogen) atoms. The van der Waals surface area contributed by atoms with Gasteiger partial charge >= 0.3 is 5.97 Å². The van der Waals surface area contributed by atoms with Crippen LogP contribution in [0.3, 0.4) is 0 Å². The molecule has 0 unspecified atom stereocenters. The standard InChI is InChI=1S/C28H17ClF3NO4S.CH4/c29-24-14-19(28(34)35)6-10-23(24)17-2-1-3-18(12-17)26-15-20-13-21(30)7-11-25(20)33(26)38(36,37)22-8-4-16(5-9-22)27(31)32;/h1-15,27H,(H,34,35);1H4. The minimum absolute atomic E-state index is 0. The number of hydrogen-bond donors (Lipinski definition) is 1. The Bertz CT molecular complexity index is 1820. The number of halogens is 4. The van der Waals surface area contributed by atoms with Gasteiger partial charge in [0.2, 0.25) is 0 Å². The van der Waals surface area contributed by atoms with E-state index in [0.717, 1.165) is 34.3 Å². The normalized spacial score (nSPS) is 11.5. The van der Waals surface area contributed by atoms with Crippen LogP contribution in [0.5, 0.6) is 0 Å². The monoisotopic (exact) mass is 571 g/mol. The van der Waals surface area contributed by atoms with Crippen LogP contribution in [-0.2, 0) is 10.0 Å². The zero-order valence-electron chi connectivity index (χ0n) is 19.3. The highest BCUT2D eigenvalue weighted by molar-refractivity contribution is 7.90. The molecule has 5 nitrogen and oxygen atoms in total. The molecule has 5 aromatic rings. The highest BCUT2D eigenvalue weighted by atomic mass is 35.5. The van der Waals surface area contributed by atoms with E-state index >= 15 is 0 Å². The number of aromatic nitrogens is 1. The molecule has 0 atom stereocenters. The van der Waals surface area contributed by atoms with E-state index in [4.69, 9.17) is 11.6 Å². The summed E-state index contributed by atoms with van der Waals surface area (Å²) in [6.07, 6.45) is -2.75. The van der Waals surface area contributed by atoms with Gasteiger partial charge in [-0.1, -0.05) is 55.4 Å². The summed E-state index contributed by atoms with van der Waals surface area (Å²) in [7, 11) is -4.30. The van der Waals surface area contributed by atoms with Crippen molar-refractivity contribution < 1.29 is 31.5 Å². The van der Waals surface area contributed by atoms with Crippen LogP contribution in [-0.4, -0.2) is 23.5 Å². The lowest BCUT2D eigenvalue weighted by atomic mass is 10.0. The lowest BCUT2D eigenvalue weighted by Crippen LogP contribution is -2.14. The van der Waals surface area contributed by atoms with Crippen molar-refractivity contribution in [2.24, 2.45) is 0 Å². The summed E-state index contributed by atoms with van der Waals surface area (Å²) in [5.74, 6) is -1.69. The Morgan fingerprint density at radius 3 is 2.21 bits per heavy atom. The van der Waals surface area contributed by atoms with Crippen LogP contribution >= 0.6 is 11.6 Å². The molecule has 200 valence electrons. The highest BCUT2D eigenvalue weighted by Crippen LogP contribution is 2.36. The topological polar surface area (TPSA) is 76.4 Å². The smallest absolute Gasteiger partial charge is 0.335 e. The second-order valence-electron chi connectivity index (χ2n) is 8.45. The minimum atomic E-state index is -4.30. The first-order valence-corrected chi connectivity index (χ1v) is 13.0. The third-order valence-electron chi connectivity index (χ3n) is 6.08. The van der Waals surface area contributed by atoms with E-state index in [2.05, 4.69) is 0 Å². The first-order valence-electron chi connectivity index (χ1n) is 11.1. The molecule has 1 N–H and O–H groups in total. The zero-order chi connectivity index (χ0) is 27.2. The number of rotatable bonds is 6. The van der Waals surface area contributed by atoms with Crippen LogP contribution in [0.4, 0.5) is 13.2 Å². The van der Waals surface area contributed by atoms with E-state index in [1.807, 2.05) is 0 Å². The fraction of sp³-hybridized carbons (Fsp3) is 0.0690. The number of alkyl halides is 2. The largest absolute Gasteiger partial charge is 0.478 e. The molecule has 1 aromatic heterocycles. The molecule has 1 heterocycles. The zero-order valence-corrected chi connectivity index (χ0v) is 20.8. The Balaban J connectivity index is 0.00000353. The van der Waals surface area contributed by atoms with Crippen molar-refractivity contribution in [3.8, 4) is 22.4 Å². The molecule has 0 radical (unpaired) electrons. The SMILES string of the molecule is C.O=C(O)c1ccc(-c2cccc(-c3cc4cc(F)ccc4n3S(=O)(=O)c3ccc(C(F)F)cc3)c2)c(Cl)c1. The molecule has 5 rings (SSSR count). The van der Waals surface area contributed by atoms with Gasteiger partial charge in [-0.2, -0.15) is 0 Å². The fourth-order valence-electron chi connectivity index (χ4n) is 4.24. The van der Waals surface area contributed by atoms with Gasteiger partial charge in [0.15, 0.2) is 0 Å². The third kappa shape index (κ3) is 5.15. The molecule has 0 fully saturated rings. The van der Waals surface area contributed by atoms with E-state index in [1.165, 1.54) is 30.3 Å². The van der Waals surface area contributed by atoms with Gasteiger partial charge < -0.3 is 5.11 Å². The van der Waals surface area contributed by atoms with E-state index < -0.39 is 28.2 Å². The summed E-state index contributed by atoms with van der Waals surface area (Å²) >= 11 is 6.35. The van der Waals surface area contributed by atoms with Gasteiger partial charge in [0.1, 0.15) is 5.82 Å². The molecule has 0 aliphatic carbocycles. The molecule has 0 spiro atoms. The van der Waals surface area contributed by atoms with Gasteiger partial charge in [-0.3, -0.25) is 0 Å². The van der Waals surface area contributed by atoms with Gasteiger partial charge in [-0.15, -0.1) is 0 Å². The van der Waals surface area contributed by atoms with Crippen LogP contribution in [0.1, 0.15) is 29.8 Å².